The summed E-state index contributed by atoms with van der Waals surface area (Å²) < 4.78 is 5.31. The normalized spacial score (nSPS) is 14.1. The number of rotatable bonds is 5. The van der Waals surface area contributed by atoms with Crippen LogP contribution in [0.2, 0.25) is 5.02 Å². The first kappa shape index (κ1) is 21.0. The van der Waals surface area contributed by atoms with Gasteiger partial charge >= 0.3 is 0 Å². The van der Waals surface area contributed by atoms with Gasteiger partial charge in [-0.2, -0.15) is 0 Å². The van der Waals surface area contributed by atoms with E-state index in [2.05, 4.69) is 10.2 Å². The van der Waals surface area contributed by atoms with Gasteiger partial charge < -0.3 is 19.9 Å². The van der Waals surface area contributed by atoms with E-state index in [1.54, 1.807) is 25.3 Å². The van der Waals surface area contributed by atoms with Gasteiger partial charge in [-0.25, -0.2) is 0 Å². The van der Waals surface area contributed by atoms with Crippen molar-refractivity contribution in [2.24, 2.45) is 5.92 Å². The summed E-state index contributed by atoms with van der Waals surface area (Å²) in [5, 5.41) is 3.41. The zero-order chi connectivity index (χ0) is 21.0. The van der Waals surface area contributed by atoms with Crippen molar-refractivity contribution in [2.75, 3.05) is 43.5 Å². The lowest BCUT2D eigenvalue weighted by Gasteiger charge is -2.36. The fourth-order valence-corrected chi connectivity index (χ4v) is 3.40. The fourth-order valence-electron chi connectivity index (χ4n) is 3.23. The highest BCUT2D eigenvalue weighted by atomic mass is 35.5. The third-order valence-corrected chi connectivity index (χ3v) is 5.22. The third kappa shape index (κ3) is 5.01. The van der Waals surface area contributed by atoms with Gasteiger partial charge in [0, 0.05) is 48.5 Å². The Morgan fingerprint density at radius 1 is 1.03 bits per heavy atom. The Morgan fingerprint density at radius 2 is 1.69 bits per heavy atom. The van der Waals surface area contributed by atoms with Gasteiger partial charge in [0.15, 0.2) is 0 Å². The second-order valence-corrected chi connectivity index (χ2v) is 7.75. The number of piperazine rings is 1. The van der Waals surface area contributed by atoms with Crippen LogP contribution >= 0.6 is 11.6 Å². The van der Waals surface area contributed by atoms with E-state index < -0.39 is 0 Å². The molecule has 3 rings (SSSR count). The second kappa shape index (κ2) is 9.18. The fraction of sp³-hybridized carbons (Fsp3) is 0.364. The molecule has 1 saturated heterocycles. The van der Waals surface area contributed by atoms with Crippen LogP contribution in [0.3, 0.4) is 0 Å². The lowest BCUT2D eigenvalue weighted by molar-refractivity contribution is -0.118. The highest BCUT2D eigenvalue weighted by molar-refractivity contribution is 6.31. The molecule has 0 unspecified atom stereocenters. The van der Waals surface area contributed by atoms with Crippen LogP contribution in [0.15, 0.2) is 42.5 Å². The molecule has 1 heterocycles. The molecule has 1 N–H and O–H groups in total. The van der Waals surface area contributed by atoms with Gasteiger partial charge in [-0.15, -0.1) is 0 Å². The molecule has 1 aliphatic rings. The van der Waals surface area contributed by atoms with Crippen molar-refractivity contribution < 1.29 is 14.3 Å². The van der Waals surface area contributed by atoms with Crippen LogP contribution in [0.25, 0.3) is 0 Å². The maximum atomic E-state index is 12.9. The third-order valence-electron chi connectivity index (χ3n) is 4.98. The van der Waals surface area contributed by atoms with Crippen LogP contribution in [0.1, 0.15) is 24.2 Å². The van der Waals surface area contributed by atoms with Gasteiger partial charge in [-0.05, 0) is 42.5 Å². The summed E-state index contributed by atoms with van der Waals surface area (Å²) in [6, 6.07) is 12.9. The summed E-state index contributed by atoms with van der Waals surface area (Å²) in [4.78, 5) is 28.8. The van der Waals surface area contributed by atoms with E-state index in [4.69, 9.17) is 16.3 Å². The first-order valence-electron chi connectivity index (χ1n) is 9.67. The molecule has 0 spiro atoms. The highest BCUT2D eigenvalue weighted by Gasteiger charge is 2.24. The quantitative estimate of drug-likeness (QED) is 0.804. The van der Waals surface area contributed by atoms with E-state index in [1.807, 2.05) is 43.0 Å². The number of methoxy groups -OCH3 is 1. The van der Waals surface area contributed by atoms with Gasteiger partial charge in [0.1, 0.15) is 5.75 Å². The highest BCUT2D eigenvalue weighted by Crippen LogP contribution is 2.25. The lowest BCUT2D eigenvalue weighted by Crippen LogP contribution is -2.48. The number of benzene rings is 2. The molecule has 0 aromatic heterocycles. The number of carbonyl (C=O) groups is 2. The summed E-state index contributed by atoms with van der Waals surface area (Å²) >= 11 is 6.06. The Balaban J connectivity index is 1.61. The number of amides is 2. The van der Waals surface area contributed by atoms with Crippen molar-refractivity contribution >= 4 is 34.8 Å². The predicted molar refractivity (Wildman–Crippen MR) is 116 cm³/mol. The van der Waals surface area contributed by atoms with E-state index >= 15 is 0 Å². The van der Waals surface area contributed by atoms with Gasteiger partial charge in [0.05, 0.1) is 12.7 Å². The molecule has 0 bridgehead atoms. The van der Waals surface area contributed by atoms with E-state index in [1.165, 1.54) is 0 Å². The van der Waals surface area contributed by atoms with Crippen molar-refractivity contribution in [1.29, 1.82) is 0 Å². The molecule has 0 atom stereocenters. The van der Waals surface area contributed by atoms with Gasteiger partial charge in [-0.3, -0.25) is 9.59 Å². The Kier molecular flexibility index (Phi) is 6.64. The van der Waals surface area contributed by atoms with Gasteiger partial charge in [-0.1, -0.05) is 25.4 Å². The number of ether oxygens (including phenoxy) is 1. The molecule has 2 aromatic rings. The summed E-state index contributed by atoms with van der Waals surface area (Å²) in [6.07, 6.45) is 0. The minimum atomic E-state index is -0.0734. The maximum absolute atomic E-state index is 12.9. The van der Waals surface area contributed by atoms with Gasteiger partial charge in [0.2, 0.25) is 5.91 Å². The number of halogens is 1. The molecule has 0 saturated carbocycles. The van der Waals surface area contributed by atoms with Gasteiger partial charge in [0.25, 0.3) is 5.91 Å². The molecular weight excluding hydrogens is 390 g/mol. The maximum Gasteiger partial charge on any atom is 0.257 e. The van der Waals surface area contributed by atoms with Crippen molar-refractivity contribution in [3.63, 3.8) is 0 Å². The number of hydrogen-bond acceptors (Lipinski definition) is 4. The van der Waals surface area contributed by atoms with Crippen molar-refractivity contribution in [2.45, 2.75) is 13.8 Å². The zero-order valence-electron chi connectivity index (χ0n) is 16.9. The monoisotopic (exact) mass is 415 g/mol. The summed E-state index contributed by atoms with van der Waals surface area (Å²) in [5.74, 6) is 0.399. The Labute approximate surface area is 176 Å². The largest absolute Gasteiger partial charge is 0.496 e. The van der Waals surface area contributed by atoms with E-state index in [-0.39, 0.29) is 17.7 Å². The predicted octanol–water partition coefficient (Wildman–Crippen LogP) is 3.91. The average Bonchev–Trinajstić information content (AvgIpc) is 2.73. The number of anilines is 2. The average molecular weight is 416 g/mol. The molecule has 1 aliphatic heterocycles. The minimum Gasteiger partial charge on any atom is -0.496 e. The molecule has 7 heteroatoms. The molecule has 0 radical (unpaired) electrons. The molecule has 0 aliphatic carbocycles. The van der Waals surface area contributed by atoms with E-state index in [0.717, 1.165) is 24.5 Å². The van der Waals surface area contributed by atoms with Crippen LogP contribution in [-0.4, -0.2) is 50.0 Å². The smallest absolute Gasteiger partial charge is 0.257 e. The van der Waals surface area contributed by atoms with Crippen LogP contribution in [-0.2, 0) is 4.79 Å². The molecule has 29 heavy (non-hydrogen) atoms. The first-order chi connectivity index (χ1) is 13.9. The Hall–Kier alpha value is -2.73. The Bertz CT molecular complexity index is 875. The number of carbonyl (C=O) groups excluding carboxylic acids is 2. The molecule has 2 aromatic carbocycles. The SMILES string of the molecule is COc1ccc(Cl)cc1C(=O)N1CCN(c2ccc(NC(=O)C(C)C)cc2)CC1. The summed E-state index contributed by atoms with van der Waals surface area (Å²) in [6.45, 7) is 6.41. The molecular formula is C22H26ClN3O3. The summed E-state index contributed by atoms with van der Waals surface area (Å²) in [5.41, 5.74) is 2.34. The topological polar surface area (TPSA) is 61.9 Å². The minimum absolute atomic E-state index is 0.00122. The van der Waals surface area contributed by atoms with Crippen LogP contribution < -0.4 is 15.0 Å². The van der Waals surface area contributed by atoms with Crippen molar-refractivity contribution in [3.05, 3.63) is 53.1 Å². The van der Waals surface area contributed by atoms with Crippen molar-refractivity contribution in [1.82, 2.24) is 4.90 Å². The number of nitrogens with one attached hydrogen (secondary N) is 1. The number of hydrogen-bond donors (Lipinski definition) is 1. The standard InChI is InChI=1S/C22H26ClN3O3/c1-15(2)21(27)24-17-5-7-18(8-6-17)25-10-12-26(13-11-25)22(28)19-14-16(23)4-9-20(19)29-3/h4-9,14-15H,10-13H2,1-3H3,(H,24,27). The second-order valence-electron chi connectivity index (χ2n) is 7.31. The lowest BCUT2D eigenvalue weighted by atomic mass is 10.1. The molecule has 2 amide bonds. The van der Waals surface area contributed by atoms with E-state index in [9.17, 15) is 9.59 Å². The summed E-state index contributed by atoms with van der Waals surface area (Å²) in [7, 11) is 1.55. The molecule has 1 fully saturated rings. The molecule has 6 nitrogen and oxygen atoms in total. The van der Waals surface area contributed by atoms with Crippen LogP contribution in [0.4, 0.5) is 11.4 Å². The zero-order valence-corrected chi connectivity index (χ0v) is 17.7. The molecule has 154 valence electrons. The van der Waals surface area contributed by atoms with E-state index in [0.29, 0.717) is 29.4 Å². The Morgan fingerprint density at radius 3 is 2.28 bits per heavy atom. The van der Waals surface area contributed by atoms with Crippen molar-refractivity contribution in [3.8, 4) is 5.75 Å². The first-order valence-corrected chi connectivity index (χ1v) is 10.1. The van der Waals surface area contributed by atoms with Crippen LogP contribution in [0, 0.1) is 5.92 Å². The van der Waals surface area contributed by atoms with Crippen LogP contribution in [0.5, 0.6) is 5.75 Å². The number of nitrogens with zero attached hydrogens (tertiary/aromatic N) is 2.